The van der Waals surface area contributed by atoms with Crippen molar-refractivity contribution in [1.29, 1.82) is 0 Å². The minimum Gasteiger partial charge on any atom is -0.484 e. The Hall–Kier alpha value is -3.03. The zero-order chi connectivity index (χ0) is 21.4. The SMILES string of the molecule is CC(C)C(NC(=O)c1ccccc1)C(=O)NCc1ccc(OCC(F)(F)F)cc1. The average Bonchev–Trinajstić information content (AvgIpc) is 2.69. The van der Waals surface area contributed by atoms with Crippen molar-refractivity contribution in [3.63, 3.8) is 0 Å². The fourth-order valence-electron chi connectivity index (χ4n) is 2.52. The Balaban J connectivity index is 1.90. The molecule has 1 atom stereocenters. The van der Waals surface area contributed by atoms with Crippen LogP contribution in [0.3, 0.4) is 0 Å². The summed E-state index contributed by atoms with van der Waals surface area (Å²) in [6.07, 6.45) is -4.40. The maximum absolute atomic E-state index is 12.5. The first kappa shape index (κ1) is 22.3. The van der Waals surface area contributed by atoms with Crippen LogP contribution in [0.5, 0.6) is 5.75 Å². The third-order valence-electron chi connectivity index (χ3n) is 4.06. The van der Waals surface area contributed by atoms with Crippen molar-refractivity contribution in [1.82, 2.24) is 10.6 Å². The minimum absolute atomic E-state index is 0.0904. The molecule has 1 unspecified atom stereocenters. The van der Waals surface area contributed by atoms with E-state index in [1.807, 2.05) is 13.8 Å². The molecule has 2 rings (SSSR count). The van der Waals surface area contributed by atoms with Gasteiger partial charge in [-0.2, -0.15) is 13.2 Å². The molecule has 0 aliphatic heterocycles. The molecule has 2 aromatic carbocycles. The summed E-state index contributed by atoms with van der Waals surface area (Å²) >= 11 is 0. The Morgan fingerprint density at radius 3 is 2.17 bits per heavy atom. The number of carbonyl (C=O) groups is 2. The zero-order valence-electron chi connectivity index (χ0n) is 16.1. The summed E-state index contributed by atoms with van der Waals surface area (Å²) < 4.78 is 41.1. The highest BCUT2D eigenvalue weighted by Crippen LogP contribution is 2.19. The van der Waals surface area contributed by atoms with E-state index in [-0.39, 0.29) is 30.0 Å². The lowest BCUT2D eigenvalue weighted by molar-refractivity contribution is -0.153. The molecule has 2 aromatic rings. The van der Waals surface area contributed by atoms with Crippen LogP contribution in [0.4, 0.5) is 13.2 Å². The van der Waals surface area contributed by atoms with Gasteiger partial charge in [0.25, 0.3) is 5.91 Å². The highest BCUT2D eigenvalue weighted by molar-refractivity contribution is 5.97. The Labute approximate surface area is 167 Å². The quantitative estimate of drug-likeness (QED) is 0.700. The van der Waals surface area contributed by atoms with E-state index in [1.54, 1.807) is 42.5 Å². The van der Waals surface area contributed by atoms with E-state index in [0.717, 1.165) is 0 Å². The number of alkyl halides is 3. The van der Waals surface area contributed by atoms with Crippen LogP contribution in [-0.4, -0.2) is 30.6 Å². The lowest BCUT2D eigenvalue weighted by atomic mass is 10.0. The lowest BCUT2D eigenvalue weighted by Crippen LogP contribution is -2.49. The smallest absolute Gasteiger partial charge is 0.422 e. The number of hydrogen-bond donors (Lipinski definition) is 2. The number of ether oxygens (including phenoxy) is 1. The van der Waals surface area contributed by atoms with E-state index >= 15 is 0 Å². The first-order chi connectivity index (χ1) is 13.7. The molecule has 0 bridgehead atoms. The maximum Gasteiger partial charge on any atom is 0.422 e. The van der Waals surface area contributed by atoms with Crippen LogP contribution in [0.15, 0.2) is 54.6 Å². The van der Waals surface area contributed by atoms with E-state index < -0.39 is 18.8 Å². The van der Waals surface area contributed by atoms with E-state index in [0.29, 0.717) is 11.1 Å². The predicted molar refractivity (Wildman–Crippen MR) is 102 cm³/mol. The summed E-state index contributed by atoms with van der Waals surface area (Å²) in [6.45, 7) is 2.45. The molecule has 8 heteroatoms. The van der Waals surface area contributed by atoms with Gasteiger partial charge in [-0.05, 0) is 35.7 Å². The third-order valence-corrected chi connectivity index (χ3v) is 4.06. The van der Waals surface area contributed by atoms with Crippen molar-refractivity contribution in [2.45, 2.75) is 32.6 Å². The summed E-state index contributed by atoms with van der Waals surface area (Å²) in [5.74, 6) is -0.735. The van der Waals surface area contributed by atoms with Crippen molar-refractivity contribution in [2.24, 2.45) is 5.92 Å². The fraction of sp³-hybridized carbons (Fsp3) is 0.333. The molecule has 0 heterocycles. The van der Waals surface area contributed by atoms with Crippen molar-refractivity contribution in [3.05, 3.63) is 65.7 Å². The second-order valence-electron chi connectivity index (χ2n) is 6.83. The molecule has 0 spiro atoms. The van der Waals surface area contributed by atoms with Gasteiger partial charge in [0.15, 0.2) is 6.61 Å². The van der Waals surface area contributed by atoms with Crippen LogP contribution in [-0.2, 0) is 11.3 Å². The van der Waals surface area contributed by atoms with Crippen LogP contribution < -0.4 is 15.4 Å². The summed E-state index contributed by atoms with van der Waals surface area (Å²) in [5.41, 5.74) is 1.15. The summed E-state index contributed by atoms with van der Waals surface area (Å²) in [5, 5.41) is 5.47. The third kappa shape index (κ3) is 7.48. The average molecular weight is 408 g/mol. The van der Waals surface area contributed by atoms with Crippen LogP contribution in [0.1, 0.15) is 29.8 Å². The second-order valence-corrected chi connectivity index (χ2v) is 6.83. The zero-order valence-corrected chi connectivity index (χ0v) is 16.1. The molecule has 29 heavy (non-hydrogen) atoms. The van der Waals surface area contributed by atoms with Crippen molar-refractivity contribution in [2.75, 3.05) is 6.61 Å². The summed E-state index contributed by atoms with van der Waals surface area (Å²) in [6, 6.07) is 13.8. The molecule has 0 fully saturated rings. The van der Waals surface area contributed by atoms with Crippen LogP contribution in [0.2, 0.25) is 0 Å². The molecule has 0 aliphatic rings. The molecule has 0 aliphatic carbocycles. The van der Waals surface area contributed by atoms with E-state index in [9.17, 15) is 22.8 Å². The fourth-order valence-corrected chi connectivity index (χ4v) is 2.52. The van der Waals surface area contributed by atoms with E-state index in [1.165, 1.54) is 12.1 Å². The monoisotopic (exact) mass is 408 g/mol. The number of benzene rings is 2. The Bertz CT molecular complexity index is 806. The molecular formula is C21H23F3N2O3. The number of rotatable bonds is 8. The second kappa shape index (κ2) is 9.95. The molecule has 2 amide bonds. The Kier molecular flexibility index (Phi) is 7.64. The standard InChI is InChI=1S/C21H23F3N2O3/c1-14(2)18(26-19(27)16-6-4-3-5-7-16)20(28)25-12-15-8-10-17(11-9-15)29-13-21(22,23)24/h3-11,14,18H,12-13H2,1-2H3,(H,25,28)(H,26,27). The minimum atomic E-state index is -4.40. The number of hydrogen-bond acceptors (Lipinski definition) is 3. The van der Waals surface area contributed by atoms with Crippen molar-refractivity contribution >= 4 is 11.8 Å². The van der Waals surface area contributed by atoms with Crippen LogP contribution in [0, 0.1) is 5.92 Å². The first-order valence-corrected chi connectivity index (χ1v) is 9.08. The molecule has 5 nitrogen and oxygen atoms in total. The lowest BCUT2D eigenvalue weighted by Gasteiger charge is -2.22. The number of nitrogens with one attached hydrogen (secondary N) is 2. The Morgan fingerprint density at radius 2 is 1.62 bits per heavy atom. The molecule has 0 aromatic heterocycles. The first-order valence-electron chi connectivity index (χ1n) is 9.08. The molecule has 2 N–H and O–H groups in total. The number of carbonyl (C=O) groups excluding carboxylic acids is 2. The van der Waals surface area contributed by atoms with Gasteiger partial charge in [-0.1, -0.05) is 44.2 Å². The predicted octanol–water partition coefficient (Wildman–Crippen LogP) is 3.70. The van der Waals surface area contributed by atoms with Gasteiger partial charge >= 0.3 is 6.18 Å². The largest absolute Gasteiger partial charge is 0.484 e. The number of halogens is 3. The topological polar surface area (TPSA) is 67.4 Å². The molecule has 156 valence electrons. The summed E-state index contributed by atoms with van der Waals surface area (Å²) in [4.78, 5) is 24.9. The van der Waals surface area contributed by atoms with E-state index in [4.69, 9.17) is 0 Å². The summed E-state index contributed by atoms with van der Waals surface area (Å²) in [7, 11) is 0. The van der Waals surface area contributed by atoms with Crippen molar-refractivity contribution < 1.29 is 27.5 Å². The molecule has 0 saturated carbocycles. The van der Waals surface area contributed by atoms with Gasteiger partial charge in [-0.3, -0.25) is 9.59 Å². The normalized spacial score (nSPS) is 12.3. The van der Waals surface area contributed by atoms with Crippen LogP contribution in [0.25, 0.3) is 0 Å². The Morgan fingerprint density at radius 1 is 1.00 bits per heavy atom. The van der Waals surface area contributed by atoms with Gasteiger partial charge in [0.1, 0.15) is 11.8 Å². The van der Waals surface area contributed by atoms with E-state index in [2.05, 4.69) is 15.4 Å². The van der Waals surface area contributed by atoms with Gasteiger partial charge < -0.3 is 15.4 Å². The molecule has 0 saturated heterocycles. The highest BCUT2D eigenvalue weighted by atomic mass is 19.4. The van der Waals surface area contributed by atoms with Crippen molar-refractivity contribution in [3.8, 4) is 5.75 Å². The van der Waals surface area contributed by atoms with Gasteiger partial charge in [0.2, 0.25) is 5.91 Å². The van der Waals surface area contributed by atoms with Gasteiger partial charge in [0, 0.05) is 12.1 Å². The van der Waals surface area contributed by atoms with Gasteiger partial charge in [0.05, 0.1) is 0 Å². The highest BCUT2D eigenvalue weighted by Gasteiger charge is 2.28. The molecule has 0 radical (unpaired) electrons. The van der Waals surface area contributed by atoms with Gasteiger partial charge in [-0.25, -0.2) is 0 Å². The maximum atomic E-state index is 12.5. The molecular weight excluding hydrogens is 385 g/mol. The van der Waals surface area contributed by atoms with Gasteiger partial charge in [-0.15, -0.1) is 0 Å². The van der Waals surface area contributed by atoms with Crippen LogP contribution >= 0.6 is 0 Å². The number of amides is 2.